The second-order valence-electron chi connectivity index (χ2n) is 12.6. The van der Waals surface area contributed by atoms with Crippen molar-refractivity contribution < 1.29 is 36.6 Å². The monoisotopic (exact) mass is 676 g/mol. The molecule has 0 saturated heterocycles. The quantitative estimate of drug-likeness (QED) is 0.0914. The lowest BCUT2D eigenvalue weighted by Gasteiger charge is -2.30. The Labute approximate surface area is 276 Å². The van der Waals surface area contributed by atoms with Gasteiger partial charge in [-0.25, -0.2) is 0 Å². The van der Waals surface area contributed by atoms with E-state index in [1.165, 1.54) is 37.1 Å². The Kier molecular flexibility index (Phi) is 10.8. The van der Waals surface area contributed by atoms with E-state index in [4.69, 9.17) is 22.9 Å². The minimum atomic E-state index is -5.00. The third-order valence-electron chi connectivity index (χ3n) is 8.53. The summed E-state index contributed by atoms with van der Waals surface area (Å²) in [5.74, 6) is 0. The number of nitrogens with two attached hydrogens (primary N) is 4. The van der Waals surface area contributed by atoms with E-state index in [2.05, 4.69) is 24.3 Å². The van der Waals surface area contributed by atoms with Crippen LogP contribution >= 0.6 is 0 Å². The van der Waals surface area contributed by atoms with Gasteiger partial charge >= 0.3 is 12.4 Å². The van der Waals surface area contributed by atoms with Gasteiger partial charge in [-0.3, -0.25) is 0 Å². The smallest absolute Gasteiger partial charge is 0.399 e. The normalized spacial score (nSPS) is 14.5. The maximum absolute atomic E-state index is 13.3. The second-order valence-corrected chi connectivity index (χ2v) is 12.6. The summed E-state index contributed by atoms with van der Waals surface area (Å²) in [5, 5.41) is 20.1. The number of nitrogen functional groups attached to an aromatic ring is 4. The molecule has 6 nitrogen and oxygen atoms in total. The Morgan fingerprint density at radius 1 is 0.479 bits per heavy atom. The molecule has 0 aromatic heterocycles. The third kappa shape index (κ3) is 8.16. The van der Waals surface area contributed by atoms with E-state index < -0.39 is 34.7 Å². The van der Waals surface area contributed by atoms with Crippen LogP contribution in [0.5, 0.6) is 0 Å². The van der Waals surface area contributed by atoms with Crippen LogP contribution in [0.4, 0.5) is 49.1 Å². The van der Waals surface area contributed by atoms with Crippen LogP contribution in [-0.4, -0.2) is 22.6 Å². The zero-order valence-corrected chi connectivity index (χ0v) is 27.7. The molecule has 48 heavy (non-hydrogen) atoms. The zero-order valence-electron chi connectivity index (χ0n) is 27.7. The molecule has 2 atom stereocenters. The van der Waals surface area contributed by atoms with E-state index in [9.17, 15) is 36.6 Å². The lowest BCUT2D eigenvalue weighted by Crippen LogP contribution is -2.40. The van der Waals surface area contributed by atoms with E-state index in [-0.39, 0.29) is 40.0 Å². The van der Waals surface area contributed by atoms with Gasteiger partial charge in [0.1, 0.15) is 0 Å². The van der Waals surface area contributed by atoms with Gasteiger partial charge in [-0.1, -0.05) is 48.5 Å². The molecule has 2 unspecified atom stereocenters. The first kappa shape index (κ1) is 38.0. The maximum Gasteiger partial charge on any atom is 0.421 e. The van der Waals surface area contributed by atoms with Crippen molar-refractivity contribution in [2.45, 2.75) is 77.9 Å². The van der Waals surface area contributed by atoms with Crippen molar-refractivity contribution in [3.63, 3.8) is 0 Å². The number of alkyl halides is 6. The van der Waals surface area contributed by atoms with Gasteiger partial charge in [0.05, 0.1) is 0 Å². The summed E-state index contributed by atoms with van der Waals surface area (Å²) in [4.78, 5) is 0. The van der Waals surface area contributed by atoms with Crippen LogP contribution in [0.1, 0.15) is 69.5 Å². The van der Waals surface area contributed by atoms with E-state index in [0.29, 0.717) is 13.8 Å². The number of rotatable bonds is 6. The van der Waals surface area contributed by atoms with Gasteiger partial charge in [0.25, 0.3) is 0 Å². The summed E-state index contributed by atoms with van der Waals surface area (Å²) in [6, 6.07) is 17.5. The van der Waals surface area contributed by atoms with E-state index >= 15 is 0 Å². The molecule has 12 heteroatoms. The van der Waals surface area contributed by atoms with Gasteiger partial charge in [0.2, 0.25) is 0 Å². The number of aryl methyl sites for hydroxylation is 4. The van der Waals surface area contributed by atoms with Crippen LogP contribution in [0.25, 0.3) is 0 Å². The number of halogens is 6. The highest BCUT2D eigenvalue weighted by molar-refractivity contribution is 5.60. The van der Waals surface area contributed by atoms with E-state index in [0.717, 1.165) is 41.1 Å². The standard InChI is InChI=1S/C21H24F6N2O2.C15H18N2/c1-10-5-12(8-14(16(10)28)18(3,30)20(22,23)24)7-13-6-11(2)17(29)15(9-13)19(4,31)21(25,26)27;1-10-7-12(3-5-14(10)16)9-13-4-6-15(17)11(2)8-13/h5-6,8-9,30-31H,7,28-29H2,1-4H3;3-8H,9,16-17H2,1-2H3. The summed E-state index contributed by atoms with van der Waals surface area (Å²) >= 11 is 0. The molecular weight excluding hydrogens is 634 g/mol. The first-order valence-electron chi connectivity index (χ1n) is 14.9. The Bertz CT molecular complexity index is 1670. The molecule has 0 radical (unpaired) electrons. The van der Waals surface area contributed by atoms with Crippen molar-refractivity contribution in [2.75, 3.05) is 22.9 Å². The molecule has 4 aromatic carbocycles. The summed E-state index contributed by atoms with van der Waals surface area (Å²) in [6.45, 7) is 8.15. The molecule has 260 valence electrons. The minimum absolute atomic E-state index is 0.0793. The number of aliphatic hydroxyl groups is 2. The molecule has 0 aliphatic heterocycles. The predicted molar refractivity (Wildman–Crippen MR) is 179 cm³/mol. The third-order valence-corrected chi connectivity index (χ3v) is 8.53. The molecular formula is C36H42F6N4O2. The number of anilines is 4. The highest BCUT2D eigenvalue weighted by atomic mass is 19.4. The van der Waals surface area contributed by atoms with Crippen LogP contribution in [0.3, 0.4) is 0 Å². The summed E-state index contributed by atoms with van der Waals surface area (Å²) in [5.41, 5.74) is 22.8. The lowest BCUT2D eigenvalue weighted by molar-refractivity contribution is -0.258. The molecule has 0 aliphatic rings. The van der Waals surface area contributed by atoms with Crippen LogP contribution in [-0.2, 0) is 24.0 Å². The summed E-state index contributed by atoms with van der Waals surface area (Å²) in [6.07, 6.45) is -9.16. The van der Waals surface area contributed by atoms with Crippen LogP contribution in [0.15, 0.2) is 60.7 Å². The first-order valence-corrected chi connectivity index (χ1v) is 14.9. The fourth-order valence-corrected chi connectivity index (χ4v) is 5.23. The molecule has 0 amide bonds. The topological polar surface area (TPSA) is 145 Å². The Balaban J connectivity index is 0.000000308. The van der Waals surface area contributed by atoms with Crippen LogP contribution < -0.4 is 22.9 Å². The molecule has 0 bridgehead atoms. The largest absolute Gasteiger partial charge is 0.421 e. The first-order chi connectivity index (χ1) is 21.9. The lowest BCUT2D eigenvalue weighted by atomic mass is 9.86. The Hall–Kier alpha value is -4.42. The molecule has 0 saturated carbocycles. The highest BCUT2D eigenvalue weighted by Gasteiger charge is 2.53. The molecule has 0 aliphatic carbocycles. The highest BCUT2D eigenvalue weighted by Crippen LogP contribution is 2.44. The number of benzene rings is 4. The van der Waals surface area contributed by atoms with Gasteiger partial charge in [0.15, 0.2) is 11.2 Å². The minimum Gasteiger partial charge on any atom is -0.399 e. The van der Waals surface area contributed by atoms with Crippen molar-refractivity contribution >= 4 is 22.7 Å². The second kappa shape index (κ2) is 13.6. The zero-order chi connectivity index (χ0) is 36.6. The van der Waals surface area contributed by atoms with Gasteiger partial charge in [-0.15, -0.1) is 0 Å². The van der Waals surface area contributed by atoms with Crippen molar-refractivity contribution in [1.82, 2.24) is 0 Å². The van der Waals surface area contributed by atoms with Crippen molar-refractivity contribution in [3.05, 3.63) is 116 Å². The molecule has 0 heterocycles. The molecule has 10 N–H and O–H groups in total. The molecule has 0 fully saturated rings. The molecule has 4 rings (SSSR count). The summed E-state index contributed by atoms with van der Waals surface area (Å²) in [7, 11) is 0. The fraction of sp³-hybridized carbons (Fsp3) is 0.333. The number of hydrogen-bond donors (Lipinski definition) is 6. The fourth-order valence-electron chi connectivity index (χ4n) is 5.23. The average molecular weight is 677 g/mol. The maximum atomic E-state index is 13.3. The van der Waals surface area contributed by atoms with Crippen LogP contribution in [0, 0.1) is 27.7 Å². The van der Waals surface area contributed by atoms with E-state index in [1.54, 1.807) is 0 Å². The molecule has 0 spiro atoms. The van der Waals surface area contributed by atoms with Gasteiger partial charge in [-0.2, -0.15) is 26.3 Å². The van der Waals surface area contributed by atoms with E-state index in [1.807, 2.05) is 26.0 Å². The molecule has 4 aromatic rings. The van der Waals surface area contributed by atoms with Crippen LogP contribution in [0.2, 0.25) is 0 Å². The van der Waals surface area contributed by atoms with Gasteiger partial charge < -0.3 is 33.1 Å². The Morgan fingerprint density at radius 3 is 1.06 bits per heavy atom. The number of hydrogen-bond acceptors (Lipinski definition) is 6. The summed E-state index contributed by atoms with van der Waals surface area (Å²) < 4.78 is 80.0. The van der Waals surface area contributed by atoms with Crippen molar-refractivity contribution in [3.8, 4) is 0 Å². The van der Waals surface area contributed by atoms with Crippen molar-refractivity contribution in [2.24, 2.45) is 0 Å². The van der Waals surface area contributed by atoms with Gasteiger partial charge in [0, 0.05) is 33.9 Å². The predicted octanol–water partition coefficient (Wildman–Crippen LogP) is 7.66. The Morgan fingerprint density at radius 2 is 0.771 bits per heavy atom. The SMILES string of the molecule is Cc1cc(Cc2cc(C)c(N)c(C(C)(O)C(F)(F)F)c2)cc(C(C)(O)C(F)(F)F)c1N.Cc1cc(Cc2ccc(N)c(C)c2)ccc1N. The van der Waals surface area contributed by atoms with Crippen molar-refractivity contribution in [1.29, 1.82) is 0 Å². The van der Waals surface area contributed by atoms with Gasteiger partial charge in [-0.05, 0) is 111 Å². The average Bonchev–Trinajstić information content (AvgIpc) is 2.95.